The first-order valence-electron chi connectivity index (χ1n) is 8.38. The van der Waals surface area contributed by atoms with E-state index in [9.17, 15) is 4.79 Å². The van der Waals surface area contributed by atoms with Gasteiger partial charge in [-0.05, 0) is 44.5 Å². The molecule has 4 rings (SSSR count). The minimum atomic E-state index is 0.0937. The summed E-state index contributed by atoms with van der Waals surface area (Å²) in [6.45, 7) is 5.82. The fourth-order valence-corrected chi connectivity index (χ4v) is 3.80. The summed E-state index contributed by atoms with van der Waals surface area (Å²) in [5.74, 6) is 1.09. The second-order valence-electron chi connectivity index (χ2n) is 6.34. The summed E-state index contributed by atoms with van der Waals surface area (Å²) in [6, 6.07) is 13.8. The average Bonchev–Trinajstić information content (AvgIpc) is 3.03. The van der Waals surface area contributed by atoms with E-state index in [1.165, 1.54) is 11.8 Å². The second-order valence-corrected chi connectivity index (χ2v) is 7.28. The third kappa shape index (κ3) is 2.97. The van der Waals surface area contributed by atoms with Gasteiger partial charge in [-0.2, -0.15) is 4.52 Å². The maximum atomic E-state index is 12.7. The van der Waals surface area contributed by atoms with Crippen molar-refractivity contribution in [3.63, 3.8) is 0 Å². The zero-order valence-corrected chi connectivity index (χ0v) is 15.7. The number of Topliss-reactive ketones (excluding diaryl/α,β-unsaturated/α-hetero) is 1. The third-order valence-corrected chi connectivity index (χ3v) is 5.21. The summed E-state index contributed by atoms with van der Waals surface area (Å²) in [4.78, 5) is 21.9. The number of hydrogen-bond acceptors (Lipinski definition) is 5. The Morgan fingerprint density at radius 3 is 2.73 bits per heavy atom. The lowest BCUT2D eigenvalue weighted by Crippen LogP contribution is -2.07. The first kappa shape index (κ1) is 16.7. The number of ketones is 1. The van der Waals surface area contributed by atoms with Crippen molar-refractivity contribution in [1.82, 2.24) is 19.6 Å². The molecule has 0 bridgehead atoms. The van der Waals surface area contributed by atoms with Gasteiger partial charge in [0.2, 0.25) is 0 Å². The molecule has 0 saturated heterocycles. The van der Waals surface area contributed by atoms with Crippen molar-refractivity contribution in [3.8, 4) is 0 Å². The molecule has 2 heterocycles. The van der Waals surface area contributed by atoms with Crippen LogP contribution in [0.3, 0.4) is 0 Å². The topological polar surface area (TPSA) is 60.2 Å². The first-order chi connectivity index (χ1) is 12.5. The number of aryl methyl sites for hydroxylation is 3. The number of carbonyl (C=O) groups excluding carboxylic acids is 1. The van der Waals surface area contributed by atoms with Gasteiger partial charge in [0, 0.05) is 10.9 Å². The second kappa shape index (κ2) is 6.53. The molecule has 0 saturated carbocycles. The van der Waals surface area contributed by atoms with Crippen LogP contribution in [0.4, 0.5) is 0 Å². The SMILES string of the molecule is Cc1ccc(C)c(C(=O)CSc2nc3ccccc3c3nc(C)nn23)c1. The molecule has 26 heavy (non-hydrogen) atoms. The summed E-state index contributed by atoms with van der Waals surface area (Å²) in [5.41, 5.74) is 4.48. The minimum Gasteiger partial charge on any atom is -0.293 e. The van der Waals surface area contributed by atoms with Gasteiger partial charge in [0.05, 0.1) is 11.3 Å². The van der Waals surface area contributed by atoms with Crippen molar-refractivity contribution in [2.45, 2.75) is 25.9 Å². The molecule has 0 N–H and O–H groups in total. The van der Waals surface area contributed by atoms with E-state index in [1.807, 2.05) is 63.2 Å². The summed E-state index contributed by atoms with van der Waals surface area (Å²) >= 11 is 1.40. The van der Waals surface area contributed by atoms with Crippen LogP contribution >= 0.6 is 11.8 Å². The number of para-hydroxylation sites is 1. The van der Waals surface area contributed by atoms with Crippen molar-refractivity contribution in [2.24, 2.45) is 0 Å². The summed E-state index contributed by atoms with van der Waals surface area (Å²) < 4.78 is 1.73. The lowest BCUT2D eigenvalue weighted by atomic mass is 10.0. The lowest BCUT2D eigenvalue weighted by Gasteiger charge is -2.08. The summed E-state index contributed by atoms with van der Waals surface area (Å²) in [7, 11) is 0. The highest BCUT2D eigenvalue weighted by Crippen LogP contribution is 2.25. The van der Waals surface area contributed by atoms with E-state index in [-0.39, 0.29) is 5.78 Å². The monoisotopic (exact) mass is 362 g/mol. The molecule has 5 nitrogen and oxygen atoms in total. The molecular formula is C20H18N4OS. The first-order valence-corrected chi connectivity index (χ1v) is 9.37. The standard InChI is InChI=1S/C20H18N4OS/c1-12-8-9-13(2)16(10-12)18(25)11-26-20-22-17-7-5-4-6-15(17)19-21-14(3)23-24(19)20/h4-10H,11H2,1-3H3. The Kier molecular flexibility index (Phi) is 4.20. The van der Waals surface area contributed by atoms with Crippen molar-refractivity contribution >= 4 is 34.1 Å². The van der Waals surface area contributed by atoms with Gasteiger partial charge in [0.25, 0.3) is 0 Å². The molecule has 0 amide bonds. The van der Waals surface area contributed by atoms with Gasteiger partial charge in [-0.15, -0.1) is 5.10 Å². The Hall–Kier alpha value is -2.73. The number of carbonyl (C=O) groups is 1. The molecule has 0 fully saturated rings. The Bertz CT molecular complexity index is 1150. The number of nitrogens with zero attached hydrogens (tertiary/aromatic N) is 4. The predicted molar refractivity (Wildman–Crippen MR) is 104 cm³/mol. The van der Waals surface area contributed by atoms with Crippen LogP contribution in [0.1, 0.15) is 27.3 Å². The molecule has 0 spiro atoms. The molecule has 0 aliphatic carbocycles. The number of rotatable bonds is 4. The Balaban J connectivity index is 1.70. The lowest BCUT2D eigenvalue weighted by molar-refractivity contribution is 0.102. The molecule has 2 aromatic heterocycles. The van der Waals surface area contributed by atoms with Crippen LogP contribution in [0.5, 0.6) is 0 Å². The molecule has 0 unspecified atom stereocenters. The van der Waals surface area contributed by atoms with Crippen LogP contribution in [-0.4, -0.2) is 31.1 Å². The molecule has 4 aromatic rings. The maximum Gasteiger partial charge on any atom is 0.192 e. The Labute approximate surface area is 155 Å². The quantitative estimate of drug-likeness (QED) is 0.310. The Morgan fingerprint density at radius 2 is 1.88 bits per heavy atom. The van der Waals surface area contributed by atoms with Gasteiger partial charge in [-0.1, -0.05) is 41.6 Å². The van der Waals surface area contributed by atoms with Crippen molar-refractivity contribution in [3.05, 3.63) is 65.0 Å². The average molecular weight is 362 g/mol. The fraction of sp³-hybridized carbons (Fsp3) is 0.200. The van der Waals surface area contributed by atoms with E-state index < -0.39 is 0 Å². The number of fused-ring (bicyclic) bond motifs is 3. The maximum absolute atomic E-state index is 12.7. The van der Waals surface area contributed by atoms with Gasteiger partial charge in [-0.3, -0.25) is 4.79 Å². The van der Waals surface area contributed by atoms with Crippen LogP contribution in [-0.2, 0) is 0 Å². The largest absolute Gasteiger partial charge is 0.293 e. The molecule has 0 radical (unpaired) electrons. The van der Waals surface area contributed by atoms with E-state index >= 15 is 0 Å². The van der Waals surface area contributed by atoms with Gasteiger partial charge in [0.15, 0.2) is 16.6 Å². The summed E-state index contributed by atoms with van der Waals surface area (Å²) in [5, 5.41) is 6.09. The van der Waals surface area contributed by atoms with Crippen molar-refractivity contribution in [2.75, 3.05) is 5.75 Å². The van der Waals surface area contributed by atoms with E-state index in [4.69, 9.17) is 4.98 Å². The van der Waals surface area contributed by atoms with Crippen molar-refractivity contribution < 1.29 is 4.79 Å². The van der Waals surface area contributed by atoms with Crippen LogP contribution in [0.25, 0.3) is 16.6 Å². The third-order valence-electron chi connectivity index (χ3n) is 4.28. The number of benzene rings is 2. The highest BCUT2D eigenvalue weighted by molar-refractivity contribution is 7.99. The highest BCUT2D eigenvalue weighted by atomic mass is 32.2. The summed E-state index contributed by atoms with van der Waals surface area (Å²) in [6.07, 6.45) is 0. The minimum absolute atomic E-state index is 0.0937. The molecule has 0 aliphatic rings. The van der Waals surface area contributed by atoms with E-state index in [0.717, 1.165) is 33.2 Å². The highest BCUT2D eigenvalue weighted by Gasteiger charge is 2.15. The molecule has 130 valence electrons. The number of hydrogen-bond donors (Lipinski definition) is 0. The van der Waals surface area contributed by atoms with E-state index in [1.54, 1.807) is 4.52 Å². The van der Waals surface area contributed by atoms with Gasteiger partial charge >= 0.3 is 0 Å². The zero-order valence-electron chi connectivity index (χ0n) is 14.9. The van der Waals surface area contributed by atoms with Gasteiger partial charge < -0.3 is 0 Å². The fourth-order valence-electron chi connectivity index (χ4n) is 2.97. The van der Waals surface area contributed by atoms with Crippen LogP contribution in [0.15, 0.2) is 47.6 Å². The number of thioether (sulfide) groups is 1. The predicted octanol–water partition coefficient (Wildman–Crippen LogP) is 4.18. The van der Waals surface area contributed by atoms with E-state index in [0.29, 0.717) is 16.7 Å². The molecule has 0 atom stereocenters. The molecular weight excluding hydrogens is 344 g/mol. The Morgan fingerprint density at radius 1 is 1.08 bits per heavy atom. The molecule has 0 aliphatic heterocycles. The normalized spacial score (nSPS) is 11.3. The van der Waals surface area contributed by atoms with Crippen molar-refractivity contribution in [1.29, 1.82) is 0 Å². The van der Waals surface area contributed by atoms with Crippen LogP contribution < -0.4 is 0 Å². The van der Waals surface area contributed by atoms with Crippen LogP contribution in [0.2, 0.25) is 0 Å². The van der Waals surface area contributed by atoms with E-state index in [2.05, 4.69) is 10.1 Å². The molecule has 6 heteroatoms. The smallest absolute Gasteiger partial charge is 0.192 e. The molecule has 2 aromatic carbocycles. The van der Waals surface area contributed by atoms with Gasteiger partial charge in [0.1, 0.15) is 5.82 Å². The van der Waals surface area contributed by atoms with Gasteiger partial charge in [-0.25, -0.2) is 9.97 Å². The number of aromatic nitrogens is 4. The zero-order chi connectivity index (χ0) is 18.3. The van der Waals surface area contributed by atoms with Crippen LogP contribution in [0, 0.1) is 20.8 Å².